The average Bonchev–Trinajstić information content (AvgIpc) is 2.76. The van der Waals surface area contributed by atoms with Crippen LogP contribution in [0, 0.1) is 0 Å². The van der Waals surface area contributed by atoms with Gasteiger partial charge in [0.05, 0.1) is 13.4 Å². The lowest BCUT2D eigenvalue weighted by Crippen LogP contribution is -2.33. The molecule has 1 aromatic rings. The standard InChI is InChI=1S/C11H19N3O2S/c1-3-4-14-8-13-5-9(14)6-17-7-10(12)11(15)16-2/h5,8,10H,3-4,6-7,12H2,1-2H3. The van der Waals surface area contributed by atoms with E-state index in [4.69, 9.17) is 5.73 Å². The lowest BCUT2D eigenvalue weighted by atomic mass is 10.4. The number of carbonyl (C=O) groups excluding carboxylic acids is 1. The van der Waals surface area contributed by atoms with E-state index in [0.29, 0.717) is 5.75 Å². The largest absolute Gasteiger partial charge is 0.468 e. The molecule has 0 aromatic carbocycles. The van der Waals surface area contributed by atoms with Crippen LogP contribution in [0.5, 0.6) is 0 Å². The first-order valence-corrected chi connectivity index (χ1v) is 6.74. The molecule has 1 aromatic heterocycles. The summed E-state index contributed by atoms with van der Waals surface area (Å²) in [5, 5.41) is 0. The summed E-state index contributed by atoms with van der Waals surface area (Å²) in [7, 11) is 1.35. The van der Waals surface area contributed by atoms with Gasteiger partial charge in [0.2, 0.25) is 0 Å². The molecule has 0 spiro atoms. The van der Waals surface area contributed by atoms with Gasteiger partial charge in [-0.1, -0.05) is 6.92 Å². The van der Waals surface area contributed by atoms with Crippen molar-refractivity contribution in [3.8, 4) is 0 Å². The van der Waals surface area contributed by atoms with Crippen LogP contribution in [0.25, 0.3) is 0 Å². The number of imidazole rings is 1. The molecular weight excluding hydrogens is 238 g/mol. The molecule has 1 heterocycles. The molecule has 6 heteroatoms. The van der Waals surface area contributed by atoms with Crippen LogP contribution in [0.1, 0.15) is 19.0 Å². The number of carbonyl (C=O) groups is 1. The molecule has 5 nitrogen and oxygen atoms in total. The maximum Gasteiger partial charge on any atom is 0.323 e. The maximum atomic E-state index is 11.1. The van der Waals surface area contributed by atoms with Crippen LogP contribution in [-0.2, 0) is 21.8 Å². The molecule has 96 valence electrons. The number of nitrogens with zero attached hydrogens (tertiary/aromatic N) is 2. The van der Waals surface area contributed by atoms with Gasteiger partial charge >= 0.3 is 5.97 Å². The van der Waals surface area contributed by atoms with E-state index in [1.165, 1.54) is 7.11 Å². The number of aromatic nitrogens is 2. The number of rotatable bonds is 7. The van der Waals surface area contributed by atoms with Gasteiger partial charge in [-0.15, -0.1) is 0 Å². The number of esters is 1. The van der Waals surface area contributed by atoms with Crippen LogP contribution in [0.2, 0.25) is 0 Å². The Labute approximate surface area is 106 Å². The molecule has 0 amide bonds. The molecule has 0 aliphatic carbocycles. The number of nitrogens with two attached hydrogens (primary N) is 1. The number of ether oxygens (including phenoxy) is 1. The Kier molecular flexibility index (Phi) is 6.07. The van der Waals surface area contributed by atoms with Crippen LogP contribution in [-0.4, -0.2) is 34.4 Å². The summed E-state index contributed by atoms with van der Waals surface area (Å²) in [4.78, 5) is 15.2. The van der Waals surface area contributed by atoms with Gasteiger partial charge < -0.3 is 15.0 Å². The zero-order chi connectivity index (χ0) is 12.7. The molecule has 0 bridgehead atoms. The van der Waals surface area contributed by atoms with E-state index in [1.54, 1.807) is 11.8 Å². The first kappa shape index (κ1) is 14.1. The van der Waals surface area contributed by atoms with Gasteiger partial charge in [-0.05, 0) is 6.42 Å². The summed E-state index contributed by atoms with van der Waals surface area (Å²) in [6.07, 6.45) is 4.77. The number of thioether (sulfide) groups is 1. The van der Waals surface area contributed by atoms with Crippen LogP contribution >= 0.6 is 11.8 Å². The minimum Gasteiger partial charge on any atom is -0.468 e. The van der Waals surface area contributed by atoms with Gasteiger partial charge in [0.25, 0.3) is 0 Å². The molecule has 2 N–H and O–H groups in total. The third-order valence-electron chi connectivity index (χ3n) is 2.31. The second kappa shape index (κ2) is 7.34. The van der Waals surface area contributed by atoms with E-state index in [0.717, 1.165) is 24.4 Å². The SMILES string of the molecule is CCCn1cncc1CSCC(N)C(=O)OC. The Bertz CT molecular complexity index is 354. The van der Waals surface area contributed by atoms with Crippen molar-refractivity contribution < 1.29 is 9.53 Å². The molecule has 0 saturated heterocycles. The van der Waals surface area contributed by atoms with Gasteiger partial charge in [0.15, 0.2) is 0 Å². The molecule has 0 aliphatic heterocycles. The van der Waals surface area contributed by atoms with Crippen molar-refractivity contribution in [2.24, 2.45) is 5.73 Å². The average molecular weight is 257 g/mol. The van der Waals surface area contributed by atoms with Gasteiger partial charge in [-0.2, -0.15) is 11.8 Å². The quantitative estimate of drug-likeness (QED) is 0.739. The van der Waals surface area contributed by atoms with E-state index in [2.05, 4.69) is 21.2 Å². The number of hydrogen-bond acceptors (Lipinski definition) is 5. The highest BCUT2D eigenvalue weighted by Crippen LogP contribution is 2.13. The highest BCUT2D eigenvalue weighted by molar-refractivity contribution is 7.98. The molecule has 0 saturated carbocycles. The molecule has 1 rings (SSSR count). The Morgan fingerprint density at radius 1 is 1.71 bits per heavy atom. The minimum atomic E-state index is -0.549. The van der Waals surface area contributed by atoms with Crippen molar-refractivity contribution in [1.82, 2.24) is 9.55 Å². The Morgan fingerprint density at radius 2 is 2.47 bits per heavy atom. The van der Waals surface area contributed by atoms with Crippen molar-refractivity contribution in [3.05, 3.63) is 18.2 Å². The highest BCUT2D eigenvalue weighted by atomic mass is 32.2. The van der Waals surface area contributed by atoms with Crippen molar-refractivity contribution in [2.45, 2.75) is 31.7 Å². The summed E-state index contributed by atoms with van der Waals surface area (Å²) in [5.74, 6) is 1.01. The van der Waals surface area contributed by atoms with E-state index >= 15 is 0 Å². The summed E-state index contributed by atoms with van der Waals surface area (Å²) in [6.45, 7) is 3.10. The number of aryl methyl sites for hydroxylation is 1. The van der Waals surface area contributed by atoms with Crippen molar-refractivity contribution in [3.63, 3.8) is 0 Å². The second-order valence-corrected chi connectivity index (χ2v) is 4.75. The monoisotopic (exact) mass is 257 g/mol. The van der Waals surface area contributed by atoms with E-state index in [-0.39, 0.29) is 5.97 Å². The number of methoxy groups -OCH3 is 1. The predicted molar refractivity (Wildman–Crippen MR) is 68.7 cm³/mol. The Balaban J connectivity index is 2.35. The molecule has 1 atom stereocenters. The van der Waals surface area contributed by atoms with E-state index < -0.39 is 6.04 Å². The third kappa shape index (κ3) is 4.40. The maximum absolute atomic E-state index is 11.1. The minimum absolute atomic E-state index is 0.362. The highest BCUT2D eigenvalue weighted by Gasteiger charge is 2.13. The summed E-state index contributed by atoms with van der Waals surface area (Å²) >= 11 is 1.62. The van der Waals surface area contributed by atoms with Crippen LogP contribution in [0.15, 0.2) is 12.5 Å². The summed E-state index contributed by atoms with van der Waals surface area (Å²) < 4.78 is 6.69. The van der Waals surface area contributed by atoms with Crippen molar-refractivity contribution >= 4 is 17.7 Å². The van der Waals surface area contributed by atoms with Gasteiger partial charge in [0, 0.05) is 29.9 Å². The third-order valence-corrected chi connectivity index (χ3v) is 3.41. The molecule has 0 aliphatic rings. The topological polar surface area (TPSA) is 70.1 Å². The zero-order valence-corrected chi connectivity index (χ0v) is 11.1. The molecular formula is C11H19N3O2S. The van der Waals surface area contributed by atoms with Crippen molar-refractivity contribution in [2.75, 3.05) is 12.9 Å². The fraction of sp³-hybridized carbons (Fsp3) is 0.636. The lowest BCUT2D eigenvalue weighted by Gasteiger charge is -2.09. The zero-order valence-electron chi connectivity index (χ0n) is 10.3. The molecule has 17 heavy (non-hydrogen) atoms. The lowest BCUT2D eigenvalue weighted by molar-refractivity contribution is -0.141. The summed E-state index contributed by atoms with van der Waals surface area (Å²) in [5.41, 5.74) is 6.81. The Hall–Kier alpha value is -1.01. The van der Waals surface area contributed by atoms with Crippen LogP contribution < -0.4 is 5.73 Å². The molecule has 0 radical (unpaired) electrons. The fourth-order valence-electron chi connectivity index (χ4n) is 1.42. The summed E-state index contributed by atoms with van der Waals surface area (Å²) in [6, 6.07) is -0.549. The first-order chi connectivity index (χ1) is 8.19. The number of hydrogen-bond donors (Lipinski definition) is 1. The van der Waals surface area contributed by atoms with Gasteiger partial charge in [0.1, 0.15) is 6.04 Å². The van der Waals surface area contributed by atoms with Crippen molar-refractivity contribution in [1.29, 1.82) is 0 Å². The van der Waals surface area contributed by atoms with E-state index in [1.807, 2.05) is 12.5 Å². The molecule has 1 unspecified atom stereocenters. The van der Waals surface area contributed by atoms with Gasteiger partial charge in [-0.3, -0.25) is 4.79 Å². The van der Waals surface area contributed by atoms with Gasteiger partial charge in [-0.25, -0.2) is 4.98 Å². The Morgan fingerprint density at radius 3 is 3.12 bits per heavy atom. The normalized spacial score (nSPS) is 12.4. The smallest absolute Gasteiger partial charge is 0.323 e. The molecule has 0 fully saturated rings. The van der Waals surface area contributed by atoms with Crippen LogP contribution in [0.3, 0.4) is 0 Å². The van der Waals surface area contributed by atoms with E-state index in [9.17, 15) is 4.79 Å². The predicted octanol–water partition coefficient (Wildman–Crippen LogP) is 1.03. The second-order valence-electron chi connectivity index (χ2n) is 3.72. The first-order valence-electron chi connectivity index (χ1n) is 5.59. The van der Waals surface area contributed by atoms with Crippen LogP contribution in [0.4, 0.5) is 0 Å². The fourth-order valence-corrected chi connectivity index (χ4v) is 2.38.